The molecule has 1 aliphatic rings. The molecule has 2 aromatic rings. The van der Waals surface area contributed by atoms with Gasteiger partial charge in [-0.1, -0.05) is 19.9 Å². The van der Waals surface area contributed by atoms with Crippen molar-refractivity contribution in [1.82, 2.24) is 24.5 Å². The molecule has 6 heteroatoms. The number of amides is 1. The monoisotopic (exact) mass is 343 g/mol. The Bertz CT molecular complexity index is 701. The molecule has 6 nitrogen and oxygen atoms in total. The van der Waals surface area contributed by atoms with E-state index < -0.39 is 0 Å². The second-order valence-electron chi connectivity index (χ2n) is 6.54. The smallest absolute Gasteiger partial charge is 0.274 e. The highest BCUT2D eigenvalue weighted by atomic mass is 16.2. The molecule has 1 fully saturated rings. The van der Waals surface area contributed by atoms with Gasteiger partial charge in [-0.25, -0.2) is 4.98 Å². The molecule has 3 rings (SSSR count). The molecule has 0 aromatic carbocycles. The molecular formula is C19H29N5O. The maximum absolute atomic E-state index is 12.9. The van der Waals surface area contributed by atoms with Gasteiger partial charge in [-0.2, -0.15) is 0 Å². The number of pyridine rings is 1. The van der Waals surface area contributed by atoms with Crippen LogP contribution in [0.3, 0.4) is 0 Å². The van der Waals surface area contributed by atoms with Gasteiger partial charge in [-0.3, -0.25) is 4.79 Å². The Morgan fingerprint density at radius 2 is 2.00 bits per heavy atom. The summed E-state index contributed by atoms with van der Waals surface area (Å²) < 4.78 is 2.04. The maximum Gasteiger partial charge on any atom is 0.274 e. The van der Waals surface area contributed by atoms with Crippen molar-refractivity contribution in [3.05, 3.63) is 35.8 Å². The molecule has 1 N–H and O–H groups in total. The first-order chi connectivity index (χ1) is 12.2. The third kappa shape index (κ3) is 4.02. The number of nitrogens with one attached hydrogen (secondary N) is 1. The number of carbonyl (C=O) groups is 1. The van der Waals surface area contributed by atoms with Gasteiger partial charge in [0, 0.05) is 38.9 Å². The second kappa shape index (κ2) is 8.45. The third-order valence-corrected chi connectivity index (χ3v) is 5.02. The molecule has 0 bridgehead atoms. The van der Waals surface area contributed by atoms with Crippen LogP contribution in [-0.4, -0.2) is 64.4 Å². The normalized spacial score (nSPS) is 14.8. The van der Waals surface area contributed by atoms with Crippen LogP contribution in [0.4, 0.5) is 0 Å². The average molecular weight is 343 g/mol. The van der Waals surface area contributed by atoms with E-state index in [4.69, 9.17) is 0 Å². The van der Waals surface area contributed by atoms with Crippen molar-refractivity contribution in [2.45, 2.75) is 33.2 Å². The summed E-state index contributed by atoms with van der Waals surface area (Å²) in [5, 5.41) is 3.49. The number of nitrogens with zero attached hydrogens (tertiary/aromatic N) is 4. The first kappa shape index (κ1) is 17.9. The molecule has 25 heavy (non-hydrogen) atoms. The highest BCUT2D eigenvalue weighted by Crippen LogP contribution is 2.18. The van der Waals surface area contributed by atoms with Crippen molar-refractivity contribution in [2.75, 3.05) is 39.3 Å². The van der Waals surface area contributed by atoms with E-state index in [1.807, 2.05) is 33.7 Å². The Morgan fingerprint density at radius 1 is 1.24 bits per heavy atom. The van der Waals surface area contributed by atoms with E-state index in [0.29, 0.717) is 12.2 Å². The van der Waals surface area contributed by atoms with Crippen LogP contribution in [0.1, 0.15) is 42.9 Å². The van der Waals surface area contributed by atoms with E-state index in [-0.39, 0.29) is 5.91 Å². The largest absolute Gasteiger partial charge is 0.337 e. The summed E-state index contributed by atoms with van der Waals surface area (Å²) >= 11 is 0. The fourth-order valence-corrected chi connectivity index (χ4v) is 3.44. The minimum atomic E-state index is 0.0711. The number of carbonyl (C=O) groups excluding carboxylic acids is 1. The molecule has 3 heterocycles. The maximum atomic E-state index is 12.9. The molecule has 0 saturated carbocycles. The molecule has 1 aliphatic heterocycles. The summed E-state index contributed by atoms with van der Waals surface area (Å²) in [6.45, 7) is 10.8. The molecule has 0 spiro atoms. The van der Waals surface area contributed by atoms with E-state index in [2.05, 4.69) is 29.0 Å². The lowest BCUT2D eigenvalue weighted by Crippen LogP contribution is -2.33. The van der Waals surface area contributed by atoms with Gasteiger partial charge in [-0.15, -0.1) is 0 Å². The summed E-state index contributed by atoms with van der Waals surface area (Å²) in [7, 11) is 0. The summed E-state index contributed by atoms with van der Waals surface area (Å²) in [6, 6.07) is 5.91. The lowest BCUT2D eigenvalue weighted by Gasteiger charge is -2.18. The minimum absolute atomic E-state index is 0.0711. The van der Waals surface area contributed by atoms with Crippen molar-refractivity contribution in [2.24, 2.45) is 0 Å². The molecule has 0 aliphatic carbocycles. The summed E-state index contributed by atoms with van der Waals surface area (Å²) in [5.74, 6) is 0.0711. The number of rotatable bonds is 8. The van der Waals surface area contributed by atoms with Gasteiger partial charge < -0.3 is 19.5 Å². The Morgan fingerprint density at radius 3 is 2.72 bits per heavy atom. The van der Waals surface area contributed by atoms with Crippen molar-refractivity contribution in [3.63, 3.8) is 0 Å². The lowest BCUT2D eigenvalue weighted by molar-refractivity contribution is 0.0786. The lowest BCUT2D eigenvalue weighted by atomic mass is 10.2. The van der Waals surface area contributed by atoms with Crippen molar-refractivity contribution in [3.8, 4) is 0 Å². The Kier molecular flexibility index (Phi) is 6.04. The predicted octanol–water partition coefficient (Wildman–Crippen LogP) is 2.00. The van der Waals surface area contributed by atoms with Crippen LogP contribution in [0, 0.1) is 0 Å². The first-order valence-electron chi connectivity index (χ1n) is 9.43. The van der Waals surface area contributed by atoms with Gasteiger partial charge in [0.25, 0.3) is 5.91 Å². The van der Waals surface area contributed by atoms with Crippen molar-refractivity contribution in [1.29, 1.82) is 0 Å². The fourth-order valence-electron chi connectivity index (χ4n) is 3.44. The molecule has 0 atom stereocenters. The Hall–Kier alpha value is -1.92. The van der Waals surface area contributed by atoms with Crippen LogP contribution in [0.2, 0.25) is 0 Å². The van der Waals surface area contributed by atoms with Gasteiger partial charge in [0.05, 0.1) is 5.69 Å². The summed E-state index contributed by atoms with van der Waals surface area (Å²) in [6.07, 6.45) is 4.18. The van der Waals surface area contributed by atoms with Gasteiger partial charge in [0.15, 0.2) is 5.69 Å². The molecule has 1 amide bonds. The summed E-state index contributed by atoms with van der Waals surface area (Å²) in [4.78, 5) is 21.8. The average Bonchev–Trinajstić information content (AvgIpc) is 3.29. The van der Waals surface area contributed by atoms with Gasteiger partial charge in [-0.05, 0) is 38.1 Å². The Balaban J connectivity index is 1.75. The molecule has 2 aromatic heterocycles. The standard InChI is InChI=1S/C19H29N5O/c1-3-22(4-2)14-10-20-15-16-18(19(25)23-11-7-8-12-23)21-17-9-5-6-13-24(16)17/h5-6,9,13,20H,3-4,7-8,10-12,14-15H2,1-2H3. The number of imidazole rings is 1. The van der Waals surface area contributed by atoms with Crippen LogP contribution >= 0.6 is 0 Å². The third-order valence-electron chi connectivity index (χ3n) is 5.02. The minimum Gasteiger partial charge on any atom is -0.337 e. The molecule has 1 saturated heterocycles. The predicted molar refractivity (Wildman–Crippen MR) is 99.8 cm³/mol. The number of likely N-dealkylation sites (N-methyl/N-ethyl adjacent to an activating group) is 1. The van der Waals surface area contributed by atoms with E-state index in [9.17, 15) is 4.79 Å². The molecule has 136 valence electrons. The van der Waals surface area contributed by atoms with Gasteiger partial charge in [0.1, 0.15) is 5.65 Å². The van der Waals surface area contributed by atoms with Crippen LogP contribution < -0.4 is 5.32 Å². The van der Waals surface area contributed by atoms with E-state index in [0.717, 1.165) is 63.5 Å². The zero-order valence-corrected chi connectivity index (χ0v) is 15.4. The van der Waals surface area contributed by atoms with E-state index in [1.54, 1.807) is 0 Å². The van der Waals surface area contributed by atoms with Crippen LogP contribution in [0.5, 0.6) is 0 Å². The quantitative estimate of drug-likeness (QED) is 0.745. The number of hydrogen-bond acceptors (Lipinski definition) is 4. The number of aromatic nitrogens is 2. The van der Waals surface area contributed by atoms with Crippen LogP contribution in [-0.2, 0) is 6.54 Å². The molecule has 0 radical (unpaired) electrons. The molecule has 0 unspecified atom stereocenters. The van der Waals surface area contributed by atoms with Crippen LogP contribution in [0.25, 0.3) is 5.65 Å². The van der Waals surface area contributed by atoms with Crippen LogP contribution in [0.15, 0.2) is 24.4 Å². The van der Waals surface area contributed by atoms with Gasteiger partial charge >= 0.3 is 0 Å². The van der Waals surface area contributed by atoms with Crippen molar-refractivity contribution < 1.29 is 4.79 Å². The topological polar surface area (TPSA) is 52.9 Å². The highest BCUT2D eigenvalue weighted by Gasteiger charge is 2.25. The van der Waals surface area contributed by atoms with E-state index >= 15 is 0 Å². The van der Waals surface area contributed by atoms with E-state index in [1.165, 1.54) is 0 Å². The highest BCUT2D eigenvalue weighted by molar-refractivity contribution is 5.94. The zero-order valence-electron chi connectivity index (χ0n) is 15.4. The zero-order chi connectivity index (χ0) is 17.6. The first-order valence-corrected chi connectivity index (χ1v) is 9.43. The Labute approximate surface area is 149 Å². The van der Waals surface area contributed by atoms with Crippen molar-refractivity contribution >= 4 is 11.6 Å². The number of hydrogen-bond donors (Lipinski definition) is 1. The second-order valence-corrected chi connectivity index (χ2v) is 6.54. The fraction of sp³-hybridized carbons (Fsp3) is 0.579. The number of likely N-dealkylation sites (tertiary alicyclic amines) is 1. The SMILES string of the molecule is CCN(CC)CCNCc1c(C(=O)N2CCCC2)nc2ccccn12. The number of fused-ring (bicyclic) bond motifs is 1. The van der Waals surface area contributed by atoms with Gasteiger partial charge in [0.2, 0.25) is 0 Å². The summed E-state index contributed by atoms with van der Waals surface area (Å²) in [5.41, 5.74) is 2.40. The molecular weight excluding hydrogens is 314 g/mol.